The third-order valence-electron chi connectivity index (χ3n) is 4.86. The maximum Gasteiger partial charge on any atom is 0.133 e. The van der Waals surface area contributed by atoms with Crippen LogP contribution in [0, 0.1) is 6.92 Å². The topological polar surface area (TPSA) is 56.3 Å². The van der Waals surface area contributed by atoms with Gasteiger partial charge in [-0.3, -0.25) is 4.90 Å². The number of imidazole rings is 1. The summed E-state index contributed by atoms with van der Waals surface area (Å²) in [6.07, 6.45) is 7.84. The third kappa shape index (κ3) is 3.80. The van der Waals surface area contributed by atoms with Crippen molar-refractivity contribution in [3.8, 4) is 5.75 Å². The number of aromatic nitrogens is 3. The van der Waals surface area contributed by atoms with E-state index in [1.807, 2.05) is 30.1 Å². The summed E-state index contributed by atoms with van der Waals surface area (Å²) in [6, 6.07) is 10.7. The molecule has 1 atom stereocenters. The second-order valence-corrected chi connectivity index (χ2v) is 6.75. The van der Waals surface area contributed by atoms with Gasteiger partial charge in [-0.15, -0.1) is 0 Å². The van der Waals surface area contributed by atoms with Crippen molar-refractivity contribution in [3.05, 3.63) is 66.1 Å². The minimum absolute atomic E-state index is 0.325. The molecule has 0 radical (unpaired) electrons. The molecule has 1 aromatic carbocycles. The Bertz CT molecular complexity index is 828. The summed E-state index contributed by atoms with van der Waals surface area (Å²) < 4.78 is 13.4. The minimum Gasteiger partial charge on any atom is -0.491 e. The van der Waals surface area contributed by atoms with Gasteiger partial charge >= 0.3 is 0 Å². The molecule has 6 nitrogen and oxygen atoms in total. The lowest BCUT2D eigenvalue weighted by Crippen LogP contribution is -2.23. The SMILES string of the molecule is Cc1cc([C@H]2CCCN2Cc2ccccc2OCCn2ccnc2)no1. The molecule has 0 N–H and O–H groups in total. The zero-order chi connectivity index (χ0) is 17.8. The first-order chi connectivity index (χ1) is 12.8. The van der Waals surface area contributed by atoms with E-state index in [0.29, 0.717) is 12.6 Å². The molecule has 0 amide bonds. The molecular formula is C20H24N4O2. The Kier molecular flexibility index (Phi) is 5.02. The molecule has 3 aromatic rings. The van der Waals surface area contributed by atoms with E-state index in [0.717, 1.165) is 43.3 Å². The van der Waals surface area contributed by atoms with Crippen molar-refractivity contribution < 1.29 is 9.26 Å². The Balaban J connectivity index is 1.42. The summed E-state index contributed by atoms with van der Waals surface area (Å²) in [5.74, 6) is 1.82. The van der Waals surface area contributed by atoms with Gasteiger partial charge in [0.1, 0.15) is 23.8 Å². The van der Waals surface area contributed by atoms with E-state index >= 15 is 0 Å². The molecule has 0 bridgehead atoms. The van der Waals surface area contributed by atoms with Crippen LogP contribution in [0.4, 0.5) is 0 Å². The Morgan fingerprint density at radius 1 is 1.31 bits per heavy atom. The molecule has 0 unspecified atom stereocenters. The van der Waals surface area contributed by atoms with Crippen molar-refractivity contribution in [2.24, 2.45) is 0 Å². The van der Waals surface area contributed by atoms with Gasteiger partial charge in [0, 0.05) is 30.6 Å². The van der Waals surface area contributed by atoms with E-state index in [1.165, 1.54) is 12.0 Å². The van der Waals surface area contributed by atoms with Crippen molar-refractivity contribution in [1.82, 2.24) is 19.6 Å². The van der Waals surface area contributed by atoms with E-state index < -0.39 is 0 Å². The fraction of sp³-hybridized carbons (Fsp3) is 0.400. The van der Waals surface area contributed by atoms with Crippen molar-refractivity contribution >= 4 is 0 Å². The second-order valence-electron chi connectivity index (χ2n) is 6.75. The molecule has 0 saturated carbocycles. The minimum atomic E-state index is 0.325. The van der Waals surface area contributed by atoms with Crippen LogP contribution in [-0.4, -0.2) is 32.8 Å². The van der Waals surface area contributed by atoms with Crippen LogP contribution in [0.5, 0.6) is 5.75 Å². The van der Waals surface area contributed by atoms with Crippen LogP contribution >= 0.6 is 0 Å². The van der Waals surface area contributed by atoms with Gasteiger partial charge in [-0.2, -0.15) is 0 Å². The lowest BCUT2D eigenvalue weighted by Gasteiger charge is -2.24. The largest absolute Gasteiger partial charge is 0.491 e. The number of nitrogens with zero attached hydrogens (tertiary/aromatic N) is 4. The Labute approximate surface area is 153 Å². The van der Waals surface area contributed by atoms with Crippen LogP contribution in [0.15, 0.2) is 53.6 Å². The highest BCUT2D eigenvalue weighted by molar-refractivity contribution is 5.33. The zero-order valence-corrected chi connectivity index (χ0v) is 15.0. The molecule has 136 valence electrons. The van der Waals surface area contributed by atoms with Gasteiger partial charge in [-0.1, -0.05) is 23.4 Å². The standard InChI is InChI=1S/C20H24N4O2/c1-16-13-18(22-26-16)19-6-4-9-24(19)14-17-5-2-3-7-20(17)25-12-11-23-10-8-21-15-23/h2-3,5,7-8,10,13,15,19H,4,6,9,11-12,14H2,1H3/t19-/m1/s1. The Hall–Kier alpha value is -2.60. The first-order valence-electron chi connectivity index (χ1n) is 9.13. The molecule has 1 aliphatic rings. The van der Waals surface area contributed by atoms with E-state index in [9.17, 15) is 0 Å². The van der Waals surface area contributed by atoms with Gasteiger partial charge in [0.2, 0.25) is 0 Å². The van der Waals surface area contributed by atoms with Gasteiger partial charge in [0.05, 0.1) is 18.9 Å². The zero-order valence-electron chi connectivity index (χ0n) is 15.0. The molecule has 2 aromatic heterocycles. The summed E-state index contributed by atoms with van der Waals surface area (Å²) in [5, 5.41) is 4.23. The van der Waals surface area contributed by atoms with Gasteiger partial charge in [-0.05, 0) is 32.4 Å². The average Bonchev–Trinajstić information content (AvgIpc) is 3.38. The van der Waals surface area contributed by atoms with Crippen LogP contribution < -0.4 is 4.74 Å². The smallest absolute Gasteiger partial charge is 0.133 e. The number of para-hydroxylation sites is 1. The summed E-state index contributed by atoms with van der Waals surface area (Å²) in [4.78, 5) is 6.53. The number of hydrogen-bond acceptors (Lipinski definition) is 5. The van der Waals surface area contributed by atoms with Crippen LogP contribution in [0.2, 0.25) is 0 Å². The summed E-state index contributed by atoms with van der Waals surface area (Å²) >= 11 is 0. The Morgan fingerprint density at radius 2 is 2.23 bits per heavy atom. The van der Waals surface area contributed by atoms with E-state index in [2.05, 4.69) is 39.3 Å². The van der Waals surface area contributed by atoms with Crippen molar-refractivity contribution in [2.75, 3.05) is 13.2 Å². The van der Waals surface area contributed by atoms with E-state index in [4.69, 9.17) is 9.26 Å². The van der Waals surface area contributed by atoms with E-state index in [-0.39, 0.29) is 0 Å². The number of likely N-dealkylation sites (tertiary alicyclic amines) is 1. The van der Waals surface area contributed by atoms with Crippen LogP contribution in [0.1, 0.15) is 35.9 Å². The number of benzene rings is 1. The molecule has 3 heterocycles. The van der Waals surface area contributed by atoms with Crippen LogP contribution in [0.3, 0.4) is 0 Å². The first kappa shape index (κ1) is 16.8. The number of ether oxygens (including phenoxy) is 1. The molecule has 4 rings (SSSR count). The van der Waals surface area contributed by atoms with Crippen molar-refractivity contribution in [3.63, 3.8) is 0 Å². The van der Waals surface area contributed by atoms with Gasteiger partial charge in [-0.25, -0.2) is 4.98 Å². The lowest BCUT2D eigenvalue weighted by molar-refractivity contribution is 0.229. The first-order valence-corrected chi connectivity index (χ1v) is 9.13. The fourth-order valence-corrected chi connectivity index (χ4v) is 3.57. The fourth-order valence-electron chi connectivity index (χ4n) is 3.57. The van der Waals surface area contributed by atoms with E-state index in [1.54, 1.807) is 6.20 Å². The molecule has 1 fully saturated rings. The predicted octanol–water partition coefficient (Wildman–Crippen LogP) is 3.60. The highest BCUT2D eigenvalue weighted by Crippen LogP contribution is 2.34. The number of aryl methyl sites for hydroxylation is 1. The maximum atomic E-state index is 6.06. The quantitative estimate of drug-likeness (QED) is 0.650. The monoisotopic (exact) mass is 352 g/mol. The average molecular weight is 352 g/mol. The highest BCUT2D eigenvalue weighted by Gasteiger charge is 2.29. The molecule has 0 spiro atoms. The summed E-state index contributed by atoms with van der Waals surface area (Å²) in [5.41, 5.74) is 2.25. The Morgan fingerprint density at radius 3 is 3.04 bits per heavy atom. The van der Waals surface area contributed by atoms with Gasteiger partial charge in [0.25, 0.3) is 0 Å². The van der Waals surface area contributed by atoms with Gasteiger partial charge < -0.3 is 13.8 Å². The molecule has 1 aliphatic heterocycles. The summed E-state index contributed by atoms with van der Waals surface area (Å²) in [6.45, 7) is 5.29. The second kappa shape index (κ2) is 7.74. The number of rotatable bonds is 7. The number of hydrogen-bond donors (Lipinski definition) is 0. The molecule has 26 heavy (non-hydrogen) atoms. The van der Waals surface area contributed by atoms with Crippen molar-refractivity contribution in [2.45, 2.75) is 38.9 Å². The lowest BCUT2D eigenvalue weighted by atomic mass is 10.1. The molecule has 6 heteroatoms. The molecule has 1 saturated heterocycles. The third-order valence-corrected chi connectivity index (χ3v) is 4.86. The van der Waals surface area contributed by atoms with Crippen molar-refractivity contribution in [1.29, 1.82) is 0 Å². The normalized spacial score (nSPS) is 17.7. The molecular weight excluding hydrogens is 328 g/mol. The highest BCUT2D eigenvalue weighted by atomic mass is 16.5. The maximum absolute atomic E-state index is 6.06. The van der Waals surface area contributed by atoms with Gasteiger partial charge in [0.15, 0.2) is 0 Å². The van der Waals surface area contributed by atoms with Crippen LogP contribution in [0.25, 0.3) is 0 Å². The predicted molar refractivity (Wildman–Crippen MR) is 97.8 cm³/mol. The van der Waals surface area contributed by atoms with Crippen LogP contribution in [-0.2, 0) is 13.1 Å². The molecule has 0 aliphatic carbocycles. The summed E-state index contributed by atoms with van der Waals surface area (Å²) in [7, 11) is 0.